The minimum Gasteiger partial charge on any atom is -0.508 e. The van der Waals surface area contributed by atoms with Crippen molar-refractivity contribution in [3.05, 3.63) is 48.0 Å². The molecule has 0 spiro atoms. The number of anilines is 2. The first kappa shape index (κ1) is 12.1. The van der Waals surface area contributed by atoms with E-state index in [1.807, 2.05) is 30.1 Å². The maximum absolute atomic E-state index is 9.36. The maximum Gasteiger partial charge on any atom is 0.138 e. The molecule has 0 saturated carbocycles. The van der Waals surface area contributed by atoms with Gasteiger partial charge in [-0.1, -0.05) is 6.07 Å². The Morgan fingerprint density at radius 2 is 1.72 bits per heavy atom. The molecule has 0 amide bonds. The van der Waals surface area contributed by atoms with E-state index in [-0.39, 0.29) is 11.5 Å². The fourth-order valence-corrected chi connectivity index (χ4v) is 1.77. The number of nitrogens with two attached hydrogens (primary N) is 1. The highest BCUT2D eigenvalue weighted by atomic mass is 16.3. The zero-order valence-corrected chi connectivity index (χ0v) is 10.2. The van der Waals surface area contributed by atoms with Gasteiger partial charge in [-0.2, -0.15) is 0 Å². The van der Waals surface area contributed by atoms with Gasteiger partial charge in [0.1, 0.15) is 11.5 Å². The van der Waals surface area contributed by atoms with Crippen LogP contribution in [0.2, 0.25) is 0 Å². The summed E-state index contributed by atoms with van der Waals surface area (Å²) in [5.74, 6) is 0.354. The average molecular weight is 244 g/mol. The van der Waals surface area contributed by atoms with E-state index in [1.54, 1.807) is 24.3 Å². The summed E-state index contributed by atoms with van der Waals surface area (Å²) < 4.78 is 0. The highest BCUT2D eigenvalue weighted by molar-refractivity contribution is 5.54. The number of hydrogen-bond donors (Lipinski definition) is 3. The molecule has 0 saturated heterocycles. The monoisotopic (exact) mass is 244 g/mol. The lowest BCUT2D eigenvalue weighted by molar-refractivity contribution is 0.475. The van der Waals surface area contributed by atoms with Crippen molar-refractivity contribution in [2.75, 3.05) is 17.7 Å². The van der Waals surface area contributed by atoms with Gasteiger partial charge in [0.05, 0.1) is 5.69 Å². The first-order valence-electron chi connectivity index (χ1n) is 5.64. The van der Waals surface area contributed by atoms with Gasteiger partial charge in [-0.25, -0.2) is 0 Å². The molecule has 4 heteroatoms. The third-order valence-electron chi connectivity index (χ3n) is 2.80. The number of phenols is 2. The Morgan fingerprint density at radius 1 is 1.06 bits per heavy atom. The fourth-order valence-electron chi connectivity index (χ4n) is 1.77. The van der Waals surface area contributed by atoms with Crippen LogP contribution in [0.25, 0.3) is 0 Å². The predicted octanol–water partition coefficient (Wildman–Crippen LogP) is 2.32. The molecule has 0 atom stereocenters. The molecule has 4 nitrogen and oxygen atoms in total. The van der Waals surface area contributed by atoms with Crippen molar-refractivity contribution in [3.63, 3.8) is 0 Å². The van der Waals surface area contributed by atoms with E-state index >= 15 is 0 Å². The van der Waals surface area contributed by atoms with E-state index in [0.29, 0.717) is 12.2 Å². The average Bonchev–Trinajstić information content (AvgIpc) is 2.34. The third kappa shape index (κ3) is 2.66. The Morgan fingerprint density at radius 3 is 2.33 bits per heavy atom. The smallest absolute Gasteiger partial charge is 0.138 e. The number of phenolic OH excluding ortho intramolecular Hbond substituents is 2. The molecule has 4 N–H and O–H groups in total. The fraction of sp³-hybridized carbons (Fsp3) is 0.143. The van der Waals surface area contributed by atoms with E-state index in [4.69, 9.17) is 5.73 Å². The van der Waals surface area contributed by atoms with Crippen molar-refractivity contribution < 1.29 is 10.2 Å². The molecule has 0 bridgehead atoms. The molecule has 18 heavy (non-hydrogen) atoms. The topological polar surface area (TPSA) is 69.7 Å². The molecule has 2 aromatic rings. The molecule has 0 unspecified atom stereocenters. The van der Waals surface area contributed by atoms with Gasteiger partial charge in [0.25, 0.3) is 0 Å². The number of benzene rings is 2. The number of nitrogens with zero attached hydrogens (tertiary/aromatic N) is 1. The second-order valence-electron chi connectivity index (χ2n) is 4.27. The molecule has 2 aromatic carbocycles. The molecule has 0 aliphatic heterocycles. The van der Waals surface area contributed by atoms with Crippen LogP contribution in [-0.4, -0.2) is 17.3 Å². The minimum atomic E-state index is 0.103. The summed E-state index contributed by atoms with van der Waals surface area (Å²) in [4.78, 5) is 2.03. The van der Waals surface area contributed by atoms with E-state index in [1.165, 1.54) is 0 Å². The summed E-state index contributed by atoms with van der Waals surface area (Å²) in [6.07, 6.45) is 0. The number of nitrogen functional groups attached to an aromatic ring is 1. The van der Waals surface area contributed by atoms with Crippen LogP contribution in [0.1, 0.15) is 5.56 Å². The van der Waals surface area contributed by atoms with Crippen LogP contribution < -0.4 is 10.6 Å². The van der Waals surface area contributed by atoms with Gasteiger partial charge in [-0.05, 0) is 42.0 Å². The minimum absolute atomic E-state index is 0.103. The van der Waals surface area contributed by atoms with Gasteiger partial charge in [0.2, 0.25) is 0 Å². The normalized spacial score (nSPS) is 10.3. The lowest BCUT2D eigenvalue weighted by Gasteiger charge is -2.19. The summed E-state index contributed by atoms with van der Waals surface area (Å²) >= 11 is 0. The van der Waals surface area contributed by atoms with Gasteiger partial charge in [-0.3, -0.25) is 0 Å². The molecule has 0 heterocycles. The van der Waals surface area contributed by atoms with E-state index in [2.05, 4.69) is 0 Å². The van der Waals surface area contributed by atoms with E-state index in [0.717, 1.165) is 11.3 Å². The van der Waals surface area contributed by atoms with Gasteiger partial charge in [0, 0.05) is 19.3 Å². The second kappa shape index (κ2) is 4.87. The van der Waals surface area contributed by atoms with Crippen LogP contribution in [0.15, 0.2) is 42.5 Å². The summed E-state index contributed by atoms with van der Waals surface area (Å²) in [7, 11) is 1.95. The van der Waals surface area contributed by atoms with Crippen LogP contribution in [-0.2, 0) is 6.54 Å². The molecule has 0 aliphatic rings. The molecule has 0 fully saturated rings. The first-order chi connectivity index (χ1) is 8.56. The quantitative estimate of drug-likeness (QED) is 0.572. The van der Waals surface area contributed by atoms with Crippen LogP contribution in [0.4, 0.5) is 11.4 Å². The van der Waals surface area contributed by atoms with Crippen molar-refractivity contribution in [2.24, 2.45) is 0 Å². The van der Waals surface area contributed by atoms with Crippen molar-refractivity contribution in [1.82, 2.24) is 0 Å². The van der Waals surface area contributed by atoms with E-state index in [9.17, 15) is 10.2 Å². The van der Waals surface area contributed by atoms with Crippen LogP contribution in [0.3, 0.4) is 0 Å². The molecular formula is C14H16N2O2. The first-order valence-corrected chi connectivity index (χ1v) is 5.64. The Bertz CT molecular complexity index is 538. The third-order valence-corrected chi connectivity index (χ3v) is 2.80. The standard InChI is InChI=1S/C14H16N2O2/c1-16(11-3-5-12(17)6-4-11)9-10-2-7-14(18)13(15)8-10/h2-8,17-18H,9,15H2,1H3. The summed E-state index contributed by atoms with van der Waals surface area (Å²) in [5.41, 5.74) is 8.05. The van der Waals surface area contributed by atoms with Crippen LogP contribution in [0, 0.1) is 0 Å². The van der Waals surface area contributed by atoms with Gasteiger partial charge in [-0.15, -0.1) is 0 Å². The number of hydrogen-bond acceptors (Lipinski definition) is 4. The maximum atomic E-state index is 9.36. The van der Waals surface area contributed by atoms with Crippen molar-refractivity contribution in [3.8, 4) is 11.5 Å². The zero-order valence-electron chi connectivity index (χ0n) is 10.2. The molecule has 2 rings (SSSR count). The predicted molar refractivity (Wildman–Crippen MR) is 72.7 cm³/mol. The summed E-state index contributed by atoms with van der Waals surface area (Å²) in [6, 6.07) is 12.2. The van der Waals surface area contributed by atoms with Crippen molar-refractivity contribution >= 4 is 11.4 Å². The van der Waals surface area contributed by atoms with Gasteiger partial charge in [0.15, 0.2) is 0 Å². The summed E-state index contributed by atoms with van der Waals surface area (Å²) in [5, 5.41) is 18.6. The van der Waals surface area contributed by atoms with Crippen molar-refractivity contribution in [1.29, 1.82) is 0 Å². The lowest BCUT2D eigenvalue weighted by Crippen LogP contribution is -2.16. The molecule has 0 aromatic heterocycles. The SMILES string of the molecule is CN(Cc1ccc(O)c(N)c1)c1ccc(O)cc1. The van der Waals surface area contributed by atoms with Crippen LogP contribution >= 0.6 is 0 Å². The molecule has 0 radical (unpaired) electrons. The number of rotatable bonds is 3. The number of aromatic hydroxyl groups is 2. The molecular weight excluding hydrogens is 228 g/mol. The molecule has 0 aliphatic carbocycles. The highest BCUT2D eigenvalue weighted by Crippen LogP contribution is 2.23. The zero-order chi connectivity index (χ0) is 13.1. The summed E-state index contributed by atoms with van der Waals surface area (Å²) in [6.45, 7) is 0.676. The van der Waals surface area contributed by atoms with E-state index < -0.39 is 0 Å². The van der Waals surface area contributed by atoms with Crippen molar-refractivity contribution in [2.45, 2.75) is 6.54 Å². The Balaban J connectivity index is 2.13. The Kier molecular flexibility index (Phi) is 3.28. The largest absolute Gasteiger partial charge is 0.508 e. The van der Waals surface area contributed by atoms with Crippen LogP contribution in [0.5, 0.6) is 11.5 Å². The van der Waals surface area contributed by atoms with Gasteiger partial charge < -0.3 is 20.8 Å². The molecule has 94 valence electrons. The Hall–Kier alpha value is -2.36. The highest BCUT2D eigenvalue weighted by Gasteiger charge is 2.04. The Labute approximate surface area is 106 Å². The second-order valence-corrected chi connectivity index (χ2v) is 4.27. The lowest BCUT2D eigenvalue weighted by atomic mass is 10.1. The van der Waals surface area contributed by atoms with Gasteiger partial charge >= 0.3 is 0 Å².